The Hall–Kier alpha value is -0.410. The predicted molar refractivity (Wildman–Crippen MR) is 53.7 cm³/mol. The van der Waals surface area contributed by atoms with Crippen molar-refractivity contribution in [2.24, 2.45) is 5.73 Å². The molecule has 3 heteroatoms. The van der Waals surface area contributed by atoms with Crippen LogP contribution in [0.4, 0.5) is 4.39 Å². The zero-order valence-electron chi connectivity index (χ0n) is 7.50. The van der Waals surface area contributed by atoms with Gasteiger partial charge in [-0.25, -0.2) is 4.39 Å². The molecule has 1 heterocycles. The molecule has 1 nitrogen and oxygen atoms in total. The van der Waals surface area contributed by atoms with Gasteiger partial charge in [0.15, 0.2) is 0 Å². The van der Waals surface area contributed by atoms with E-state index in [1.54, 1.807) is 11.3 Å². The van der Waals surface area contributed by atoms with Gasteiger partial charge in [-0.05, 0) is 41.7 Å². The third-order valence-electron chi connectivity index (χ3n) is 2.69. The second-order valence-electron chi connectivity index (χ2n) is 3.96. The Balaban J connectivity index is 2.01. The SMILES string of the molecule is NC1CCC(F)(Cc2ccsc2)C1. The average Bonchev–Trinajstić information content (AvgIpc) is 2.62. The molecule has 72 valence electrons. The molecule has 1 aliphatic rings. The molecular weight excluding hydrogens is 185 g/mol. The summed E-state index contributed by atoms with van der Waals surface area (Å²) in [4.78, 5) is 0. The van der Waals surface area contributed by atoms with Crippen molar-refractivity contribution in [1.29, 1.82) is 0 Å². The van der Waals surface area contributed by atoms with Gasteiger partial charge in [0, 0.05) is 12.5 Å². The molecule has 2 N–H and O–H groups in total. The van der Waals surface area contributed by atoms with Crippen LogP contribution in [0.5, 0.6) is 0 Å². The second kappa shape index (κ2) is 3.39. The van der Waals surface area contributed by atoms with Gasteiger partial charge in [-0.2, -0.15) is 11.3 Å². The van der Waals surface area contributed by atoms with Gasteiger partial charge in [0.2, 0.25) is 0 Å². The quantitative estimate of drug-likeness (QED) is 0.778. The molecule has 1 aromatic heterocycles. The van der Waals surface area contributed by atoms with E-state index in [1.165, 1.54) is 0 Å². The topological polar surface area (TPSA) is 26.0 Å². The average molecular weight is 199 g/mol. The molecule has 1 aliphatic carbocycles. The van der Waals surface area contributed by atoms with E-state index >= 15 is 0 Å². The van der Waals surface area contributed by atoms with Crippen LogP contribution < -0.4 is 5.73 Å². The summed E-state index contributed by atoms with van der Waals surface area (Å²) in [6.07, 6.45) is 2.54. The van der Waals surface area contributed by atoms with Crippen LogP contribution in [-0.2, 0) is 6.42 Å². The number of alkyl halides is 1. The molecular formula is C10H14FNS. The molecule has 0 bridgehead atoms. The lowest BCUT2D eigenvalue weighted by Crippen LogP contribution is -2.25. The minimum absolute atomic E-state index is 0.0728. The maximum absolute atomic E-state index is 14.1. The molecule has 0 amide bonds. The summed E-state index contributed by atoms with van der Waals surface area (Å²) < 4.78 is 14.1. The Morgan fingerprint density at radius 1 is 1.69 bits per heavy atom. The van der Waals surface area contributed by atoms with Gasteiger partial charge in [-0.15, -0.1) is 0 Å². The first-order valence-electron chi connectivity index (χ1n) is 4.64. The predicted octanol–water partition coefficient (Wildman–Crippen LogP) is 2.51. The maximum atomic E-state index is 14.1. The summed E-state index contributed by atoms with van der Waals surface area (Å²) in [7, 11) is 0. The zero-order valence-corrected chi connectivity index (χ0v) is 8.32. The first kappa shape index (κ1) is 9.16. The lowest BCUT2D eigenvalue weighted by molar-refractivity contribution is 0.171. The number of hydrogen-bond acceptors (Lipinski definition) is 2. The molecule has 1 saturated carbocycles. The second-order valence-corrected chi connectivity index (χ2v) is 4.74. The van der Waals surface area contributed by atoms with Gasteiger partial charge in [-0.1, -0.05) is 0 Å². The minimum Gasteiger partial charge on any atom is -0.328 e. The van der Waals surface area contributed by atoms with Crippen LogP contribution in [0.3, 0.4) is 0 Å². The monoisotopic (exact) mass is 199 g/mol. The third-order valence-corrected chi connectivity index (χ3v) is 3.42. The molecule has 0 saturated heterocycles. The van der Waals surface area contributed by atoms with Crippen LogP contribution in [-0.4, -0.2) is 11.7 Å². The van der Waals surface area contributed by atoms with E-state index in [0.29, 0.717) is 19.3 Å². The number of halogens is 1. The van der Waals surface area contributed by atoms with Crippen molar-refractivity contribution in [2.45, 2.75) is 37.4 Å². The fourth-order valence-electron chi connectivity index (χ4n) is 2.04. The summed E-state index contributed by atoms with van der Waals surface area (Å²) >= 11 is 1.62. The summed E-state index contributed by atoms with van der Waals surface area (Å²) in [5.41, 5.74) is 5.79. The molecule has 0 aliphatic heterocycles. The molecule has 0 radical (unpaired) electrons. The maximum Gasteiger partial charge on any atom is 0.116 e. The number of rotatable bonds is 2. The fraction of sp³-hybridized carbons (Fsp3) is 0.600. The first-order valence-corrected chi connectivity index (χ1v) is 5.58. The molecule has 0 aromatic carbocycles. The lowest BCUT2D eigenvalue weighted by atomic mass is 9.96. The van der Waals surface area contributed by atoms with Crippen LogP contribution >= 0.6 is 11.3 Å². The van der Waals surface area contributed by atoms with Crippen LogP contribution in [0.15, 0.2) is 16.8 Å². The molecule has 2 atom stereocenters. The number of nitrogens with two attached hydrogens (primary N) is 1. The molecule has 13 heavy (non-hydrogen) atoms. The molecule has 1 fully saturated rings. The van der Waals surface area contributed by atoms with Crippen molar-refractivity contribution in [3.63, 3.8) is 0 Å². The molecule has 1 aromatic rings. The van der Waals surface area contributed by atoms with Crippen molar-refractivity contribution in [2.75, 3.05) is 0 Å². The normalized spacial score (nSPS) is 33.8. The first-order chi connectivity index (χ1) is 6.18. The highest BCUT2D eigenvalue weighted by atomic mass is 32.1. The summed E-state index contributed by atoms with van der Waals surface area (Å²) in [6, 6.07) is 2.07. The van der Waals surface area contributed by atoms with Crippen LogP contribution in [0.1, 0.15) is 24.8 Å². The van der Waals surface area contributed by atoms with Gasteiger partial charge in [-0.3, -0.25) is 0 Å². The highest BCUT2D eigenvalue weighted by Gasteiger charge is 2.37. The van der Waals surface area contributed by atoms with E-state index in [2.05, 4.69) is 0 Å². The van der Waals surface area contributed by atoms with Crippen LogP contribution in [0.2, 0.25) is 0 Å². The summed E-state index contributed by atoms with van der Waals surface area (Å²) in [5, 5.41) is 4.01. The smallest absolute Gasteiger partial charge is 0.116 e. The highest BCUT2D eigenvalue weighted by Crippen LogP contribution is 2.36. The van der Waals surface area contributed by atoms with Crippen molar-refractivity contribution in [3.05, 3.63) is 22.4 Å². The Labute approximate surface area is 81.8 Å². The number of thiophene rings is 1. The van der Waals surface area contributed by atoms with Crippen molar-refractivity contribution < 1.29 is 4.39 Å². The van der Waals surface area contributed by atoms with Gasteiger partial charge >= 0.3 is 0 Å². The highest BCUT2D eigenvalue weighted by molar-refractivity contribution is 7.07. The van der Waals surface area contributed by atoms with Gasteiger partial charge in [0.05, 0.1) is 0 Å². The van der Waals surface area contributed by atoms with E-state index in [0.717, 1.165) is 12.0 Å². The third kappa shape index (κ3) is 2.09. The fourth-order valence-corrected chi connectivity index (χ4v) is 2.71. The Morgan fingerprint density at radius 3 is 3.08 bits per heavy atom. The minimum atomic E-state index is -1.03. The van der Waals surface area contributed by atoms with Crippen molar-refractivity contribution >= 4 is 11.3 Å². The van der Waals surface area contributed by atoms with Gasteiger partial charge < -0.3 is 5.73 Å². The molecule has 2 rings (SSSR count). The van der Waals surface area contributed by atoms with Crippen molar-refractivity contribution in [1.82, 2.24) is 0 Å². The van der Waals surface area contributed by atoms with E-state index in [1.807, 2.05) is 16.8 Å². The van der Waals surface area contributed by atoms with E-state index in [-0.39, 0.29) is 6.04 Å². The van der Waals surface area contributed by atoms with Crippen LogP contribution in [0.25, 0.3) is 0 Å². The van der Waals surface area contributed by atoms with E-state index in [9.17, 15) is 4.39 Å². The Bertz CT molecular complexity index is 272. The summed E-state index contributed by atoms with van der Waals surface area (Å²) in [5.74, 6) is 0. The lowest BCUT2D eigenvalue weighted by Gasteiger charge is -2.18. The standard InChI is InChI=1S/C10H14FNS/c11-10(3-1-9(12)6-10)5-8-2-4-13-7-8/h2,4,7,9H,1,3,5-6,12H2. The Morgan fingerprint density at radius 2 is 2.54 bits per heavy atom. The van der Waals surface area contributed by atoms with Gasteiger partial charge in [0.1, 0.15) is 5.67 Å². The molecule has 0 spiro atoms. The largest absolute Gasteiger partial charge is 0.328 e. The van der Waals surface area contributed by atoms with Crippen LogP contribution in [0, 0.1) is 0 Å². The molecule has 2 unspecified atom stereocenters. The summed E-state index contributed by atoms with van der Waals surface area (Å²) in [6.45, 7) is 0. The Kier molecular flexibility index (Phi) is 2.39. The number of hydrogen-bond donors (Lipinski definition) is 1. The van der Waals surface area contributed by atoms with E-state index < -0.39 is 5.67 Å². The van der Waals surface area contributed by atoms with Gasteiger partial charge in [0.25, 0.3) is 0 Å². The van der Waals surface area contributed by atoms with E-state index in [4.69, 9.17) is 5.73 Å². The zero-order chi connectivity index (χ0) is 9.31. The van der Waals surface area contributed by atoms with Crippen molar-refractivity contribution in [3.8, 4) is 0 Å².